The van der Waals surface area contributed by atoms with Gasteiger partial charge in [-0.1, -0.05) is 0 Å². The predicted molar refractivity (Wildman–Crippen MR) is 66.4 cm³/mol. The Balaban J connectivity index is 2.37. The van der Waals surface area contributed by atoms with Crippen LogP contribution in [0.4, 0.5) is 19.0 Å². The highest BCUT2D eigenvalue weighted by Crippen LogP contribution is 2.30. The van der Waals surface area contributed by atoms with Gasteiger partial charge in [-0.15, -0.1) is 0 Å². The Labute approximate surface area is 113 Å². The number of imidazole rings is 1. The molecule has 0 atom stereocenters. The Morgan fingerprint density at radius 2 is 2.10 bits per heavy atom. The Hall–Kier alpha value is -1.90. The van der Waals surface area contributed by atoms with Crippen molar-refractivity contribution >= 4 is 17.0 Å². The van der Waals surface area contributed by atoms with E-state index < -0.39 is 12.0 Å². The topological polar surface area (TPSA) is 66.9 Å². The second-order valence-electron chi connectivity index (χ2n) is 4.24. The van der Waals surface area contributed by atoms with Crippen LogP contribution in [0, 0.1) is 0 Å². The van der Waals surface area contributed by atoms with Crippen molar-refractivity contribution in [3.8, 4) is 0 Å². The van der Waals surface area contributed by atoms with E-state index in [1.54, 1.807) is 19.1 Å². The third-order valence-corrected chi connectivity index (χ3v) is 2.72. The standard InChI is InChI=1S/C11H14F3N5O/c1-19(4-3-5-20-2)9-7-8(16-6-15-7)17-10(18-9)11(12,13)14/h6H,3-5H2,1-2H3,(H,15,16,17,18). The molecule has 6 nitrogen and oxygen atoms in total. The van der Waals surface area contributed by atoms with E-state index in [1.807, 2.05) is 0 Å². The first-order valence-electron chi connectivity index (χ1n) is 5.92. The number of rotatable bonds is 5. The zero-order valence-corrected chi connectivity index (χ0v) is 11.0. The maximum Gasteiger partial charge on any atom is 0.451 e. The van der Waals surface area contributed by atoms with Crippen LogP contribution < -0.4 is 4.90 Å². The Kier molecular flexibility index (Phi) is 4.07. The maximum atomic E-state index is 12.8. The molecular formula is C11H14F3N5O. The Bertz CT molecular complexity index is 583. The Morgan fingerprint density at radius 3 is 2.75 bits per heavy atom. The summed E-state index contributed by atoms with van der Waals surface area (Å²) >= 11 is 0. The number of nitrogens with zero attached hydrogens (tertiary/aromatic N) is 4. The Morgan fingerprint density at radius 1 is 1.35 bits per heavy atom. The van der Waals surface area contributed by atoms with Gasteiger partial charge in [-0.2, -0.15) is 13.2 Å². The van der Waals surface area contributed by atoms with Crippen LogP contribution in [-0.2, 0) is 10.9 Å². The lowest BCUT2D eigenvalue weighted by Gasteiger charge is -2.19. The van der Waals surface area contributed by atoms with E-state index in [-0.39, 0.29) is 11.5 Å². The molecule has 0 amide bonds. The number of anilines is 1. The number of ether oxygens (including phenoxy) is 1. The SMILES string of the molecule is COCCCN(C)c1nc(C(F)(F)F)nc2nc[nH]c12. The van der Waals surface area contributed by atoms with Crippen molar-refractivity contribution in [2.75, 3.05) is 32.2 Å². The first kappa shape index (κ1) is 14.5. The fourth-order valence-electron chi connectivity index (χ4n) is 1.77. The summed E-state index contributed by atoms with van der Waals surface area (Å²) in [5.74, 6) is -1.01. The lowest BCUT2D eigenvalue weighted by molar-refractivity contribution is -0.144. The average molecular weight is 289 g/mol. The third-order valence-electron chi connectivity index (χ3n) is 2.72. The number of methoxy groups -OCH3 is 1. The zero-order chi connectivity index (χ0) is 14.8. The molecule has 9 heteroatoms. The summed E-state index contributed by atoms with van der Waals surface area (Å²) in [6, 6.07) is 0. The molecule has 0 radical (unpaired) electrons. The summed E-state index contributed by atoms with van der Waals surface area (Å²) in [4.78, 5) is 15.2. The highest BCUT2D eigenvalue weighted by atomic mass is 19.4. The van der Waals surface area contributed by atoms with Crippen molar-refractivity contribution in [2.24, 2.45) is 0 Å². The van der Waals surface area contributed by atoms with E-state index in [9.17, 15) is 13.2 Å². The van der Waals surface area contributed by atoms with Gasteiger partial charge in [0.15, 0.2) is 11.5 Å². The van der Waals surface area contributed by atoms with Gasteiger partial charge in [0.05, 0.1) is 6.33 Å². The molecule has 110 valence electrons. The van der Waals surface area contributed by atoms with Gasteiger partial charge in [0, 0.05) is 27.3 Å². The quantitative estimate of drug-likeness (QED) is 0.851. The second kappa shape index (κ2) is 5.61. The first-order chi connectivity index (χ1) is 9.43. The van der Waals surface area contributed by atoms with Crippen LogP contribution in [0.2, 0.25) is 0 Å². The van der Waals surface area contributed by atoms with E-state index in [1.165, 1.54) is 6.33 Å². The van der Waals surface area contributed by atoms with Crippen LogP contribution in [0.3, 0.4) is 0 Å². The van der Waals surface area contributed by atoms with E-state index in [0.717, 1.165) is 0 Å². The molecule has 2 aromatic heterocycles. The van der Waals surface area contributed by atoms with Crippen molar-refractivity contribution in [1.82, 2.24) is 19.9 Å². The van der Waals surface area contributed by atoms with Crippen LogP contribution in [0.1, 0.15) is 12.2 Å². The van der Waals surface area contributed by atoms with Crippen molar-refractivity contribution in [3.63, 3.8) is 0 Å². The van der Waals surface area contributed by atoms with Crippen molar-refractivity contribution in [3.05, 3.63) is 12.2 Å². The summed E-state index contributed by atoms with van der Waals surface area (Å²) in [5.41, 5.74) is 0.388. The third kappa shape index (κ3) is 2.98. The molecule has 20 heavy (non-hydrogen) atoms. The minimum absolute atomic E-state index is 0.000849. The molecule has 1 N–H and O–H groups in total. The van der Waals surface area contributed by atoms with Crippen LogP contribution in [0.15, 0.2) is 6.33 Å². The largest absolute Gasteiger partial charge is 0.451 e. The van der Waals surface area contributed by atoms with Gasteiger partial charge < -0.3 is 14.6 Å². The molecule has 0 aliphatic carbocycles. The fourth-order valence-corrected chi connectivity index (χ4v) is 1.77. The molecule has 0 fully saturated rings. The fraction of sp³-hybridized carbons (Fsp3) is 0.545. The van der Waals surface area contributed by atoms with Crippen molar-refractivity contribution in [1.29, 1.82) is 0 Å². The highest BCUT2D eigenvalue weighted by molar-refractivity contribution is 5.82. The minimum Gasteiger partial charge on any atom is -0.385 e. The number of H-pyrrole nitrogens is 1. The molecular weight excluding hydrogens is 275 g/mol. The van der Waals surface area contributed by atoms with Gasteiger partial charge in [-0.25, -0.2) is 15.0 Å². The molecule has 2 rings (SSSR count). The monoisotopic (exact) mass is 289 g/mol. The smallest absolute Gasteiger partial charge is 0.385 e. The number of aromatic nitrogens is 4. The number of alkyl halides is 3. The molecule has 0 aliphatic rings. The maximum absolute atomic E-state index is 12.8. The van der Waals surface area contributed by atoms with E-state index in [0.29, 0.717) is 25.1 Å². The summed E-state index contributed by atoms with van der Waals surface area (Å²) < 4.78 is 43.2. The summed E-state index contributed by atoms with van der Waals surface area (Å²) in [5, 5.41) is 0. The zero-order valence-electron chi connectivity index (χ0n) is 11.0. The van der Waals surface area contributed by atoms with E-state index >= 15 is 0 Å². The molecule has 0 bridgehead atoms. The number of nitrogens with one attached hydrogen (secondary N) is 1. The number of hydrogen-bond acceptors (Lipinski definition) is 5. The van der Waals surface area contributed by atoms with Gasteiger partial charge in [0.25, 0.3) is 0 Å². The first-order valence-corrected chi connectivity index (χ1v) is 5.92. The summed E-state index contributed by atoms with van der Waals surface area (Å²) in [7, 11) is 3.23. The predicted octanol–water partition coefficient (Wildman–Crippen LogP) is 1.84. The molecule has 0 aliphatic heterocycles. The van der Waals surface area contributed by atoms with Gasteiger partial charge in [0.2, 0.25) is 5.82 Å². The summed E-state index contributed by atoms with van der Waals surface area (Å²) in [6.45, 7) is 1.03. The average Bonchev–Trinajstić information content (AvgIpc) is 2.84. The second-order valence-corrected chi connectivity index (χ2v) is 4.24. The van der Waals surface area contributed by atoms with Crippen molar-refractivity contribution < 1.29 is 17.9 Å². The molecule has 2 heterocycles. The molecule has 2 aromatic rings. The molecule has 0 aromatic carbocycles. The van der Waals surface area contributed by atoms with Gasteiger partial charge in [0.1, 0.15) is 5.52 Å². The van der Waals surface area contributed by atoms with Gasteiger partial charge >= 0.3 is 6.18 Å². The van der Waals surface area contributed by atoms with Crippen LogP contribution in [0.5, 0.6) is 0 Å². The highest BCUT2D eigenvalue weighted by Gasteiger charge is 2.36. The molecule has 0 saturated heterocycles. The normalized spacial score (nSPS) is 12.1. The molecule has 0 spiro atoms. The number of aromatic amines is 1. The summed E-state index contributed by atoms with van der Waals surface area (Å²) in [6.07, 6.45) is -2.63. The minimum atomic E-state index is -4.60. The lowest BCUT2D eigenvalue weighted by Crippen LogP contribution is -2.23. The van der Waals surface area contributed by atoms with Crippen molar-refractivity contribution in [2.45, 2.75) is 12.6 Å². The number of hydrogen-bond donors (Lipinski definition) is 1. The number of fused-ring (bicyclic) bond motifs is 1. The van der Waals surface area contributed by atoms with Crippen LogP contribution in [0.25, 0.3) is 11.2 Å². The van der Waals surface area contributed by atoms with E-state index in [2.05, 4.69) is 19.9 Å². The van der Waals surface area contributed by atoms with E-state index in [4.69, 9.17) is 4.74 Å². The van der Waals surface area contributed by atoms with Gasteiger partial charge in [-0.05, 0) is 6.42 Å². The van der Waals surface area contributed by atoms with Crippen LogP contribution in [-0.4, -0.2) is 47.2 Å². The lowest BCUT2D eigenvalue weighted by atomic mass is 10.3. The number of halogens is 3. The molecule has 0 unspecified atom stereocenters. The van der Waals surface area contributed by atoms with Gasteiger partial charge in [-0.3, -0.25) is 0 Å². The van der Waals surface area contributed by atoms with Crippen LogP contribution >= 0.6 is 0 Å². The molecule has 0 saturated carbocycles.